The number of aryl methyl sites for hydroxylation is 1. The van der Waals surface area contributed by atoms with E-state index in [0.29, 0.717) is 16.4 Å². The standard InChI is InChI=1S/C25H25N3O3S/c1-27(23(29)19-5-3-7-20(14-19)31-2)25-26-21(15-32-25)17-10-11-22-18(13-17)6-4-12-28(22)24(30)16-8-9-16/h3,5,7,10-11,13-16H,4,6,8-9,12H2,1-2H3. The minimum atomic E-state index is -0.135. The summed E-state index contributed by atoms with van der Waals surface area (Å²) in [5.74, 6) is 1.00. The molecular formula is C25H25N3O3S. The molecule has 5 rings (SSSR count). The van der Waals surface area contributed by atoms with Crippen LogP contribution in [0.25, 0.3) is 11.3 Å². The molecule has 2 aliphatic rings. The number of ether oxygens (including phenoxy) is 1. The average molecular weight is 448 g/mol. The second-order valence-electron chi connectivity index (χ2n) is 8.32. The maximum absolute atomic E-state index is 12.9. The predicted octanol–water partition coefficient (Wildman–Crippen LogP) is 4.78. The number of methoxy groups -OCH3 is 1. The normalized spacial score (nSPS) is 15.2. The number of thiazole rings is 1. The van der Waals surface area contributed by atoms with Gasteiger partial charge in [-0.15, -0.1) is 11.3 Å². The molecule has 3 aromatic rings. The topological polar surface area (TPSA) is 62.7 Å². The van der Waals surface area contributed by atoms with Crippen LogP contribution < -0.4 is 14.5 Å². The van der Waals surface area contributed by atoms with E-state index in [1.807, 2.05) is 28.5 Å². The first-order valence-corrected chi connectivity index (χ1v) is 11.8. The summed E-state index contributed by atoms with van der Waals surface area (Å²) in [6.45, 7) is 0.805. The third kappa shape index (κ3) is 3.88. The van der Waals surface area contributed by atoms with Gasteiger partial charge in [-0.05, 0) is 61.6 Å². The van der Waals surface area contributed by atoms with Crippen molar-refractivity contribution in [1.82, 2.24) is 4.98 Å². The van der Waals surface area contributed by atoms with E-state index >= 15 is 0 Å². The Balaban J connectivity index is 1.37. The van der Waals surface area contributed by atoms with Gasteiger partial charge in [-0.25, -0.2) is 4.98 Å². The van der Waals surface area contributed by atoms with Crippen LogP contribution in [0.3, 0.4) is 0 Å². The van der Waals surface area contributed by atoms with Crippen molar-refractivity contribution in [2.75, 3.05) is 30.5 Å². The number of hydrogen-bond acceptors (Lipinski definition) is 5. The zero-order chi connectivity index (χ0) is 22.2. The fraction of sp³-hybridized carbons (Fsp3) is 0.320. The molecule has 0 radical (unpaired) electrons. The van der Waals surface area contributed by atoms with E-state index < -0.39 is 0 Å². The lowest BCUT2D eigenvalue weighted by Gasteiger charge is -2.30. The molecule has 1 fully saturated rings. The summed E-state index contributed by atoms with van der Waals surface area (Å²) >= 11 is 1.44. The molecule has 6 nitrogen and oxygen atoms in total. The number of carbonyl (C=O) groups excluding carboxylic acids is 2. The molecule has 1 aliphatic heterocycles. The Kier molecular flexibility index (Phi) is 5.43. The number of amides is 2. The highest BCUT2D eigenvalue weighted by atomic mass is 32.1. The highest BCUT2D eigenvalue weighted by molar-refractivity contribution is 7.14. The van der Waals surface area contributed by atoms with Crippen molar-refractivity contribution >= 4 is 34.0 Å². The quantitative estimate of drug-likeness (QED) is 0.564. The van der Waals surface area contributed by atoms with Crippen LogP contribution in [0.4, 0.5) is 10.8 Å². The molecule has 32 heavy (non-hydrogen) atoms. The Morgan fingerprint density at radius 3 is 2.81 bits per heavy atom. The van der Waals surface area contributed by atoms with E-state index in [1.54, 1.807) is 37.3 Å². The smallest absolute Gasteiger partial charge is 0.259 e. The van der Waals surface area contributed by atoms with Crippen molar-refractivity contribution < 1.29 is 14.3 Å². The number of rotatable bonds is 5. The Morgan fingerprint density at radius 2 is 2.03 bits per heavy atom. The van der Waals surface area contributed by atoms with Gasteiger partial charge in [0.25, 0.3) is 5.91 Å². The zero-order valence-corrected chi connectivity index (χ0v) is 19.0. The van der Waals surface area contributed by atoms with E-state index in [4.69, 9.17) is 9.72 Å². The van der Waals surface area contributed by atoms with Crippen molar-refractivity contribution in [3.8, 4) is 17.0 Å². The Labute approximate surface area is 191 Å². The van der Waals surface area contributed by atoms with Gasteiger partial charge in [0.05, 0.1) is 12.8 Å². The molecule has 2 aromatic carbocycles. The number of benzene rings is 2. The van der Waals surface area contributed by atoms with Gasteiger partial charge in [0.15, 0.2) is 5.13 Å². The van der Waals surface area contributed by atoms with Crippen LogP contribution in [-0.2, 0) is 11.2 Å². The maximum atomic E-state index is 12.9. The van der Waals surface area contributed by atoms with Crippen molar-refractivity contribution in [3.05, 3.63) is 59.0 Å². The Hall–Kier alpha value is -3.19. The SMILES string of the molecule is COc1cccc(C(=O)N(C)c2nc(-c3ccc4c(c3)CCCN4C(=O)C3CC3)cs2)c1. The van der Waals surface area contributed by atoms with Gasteiger partial charge < -0.3 is 9.64 Å². The predicted molar refractivity (Wildman–Crippen MR) is 127 cm³/mol. The molecule has 0 spiro atoms. The highest BCUT2D eigenvalue weighted by Crippen LogP contribution is 2.38. The molecular weight excluding hydrogens is 422 g/mol. The van der Waals surface area contributed by atoms with E-state index in [1.165, 1.54) is 16.9 Å². The van der Waals surface area contributed by atoms with Crippen LogP contribution in [0.2, 0.25) is 0 Å². The molecule has 0 atom stereocenters. The summed E-state index contributed by atoms with van der Waals surface area (Å²) < 4.78 is 5.23. The third-order valence-corrected chi connectivity index (χ3v) is 7.00. The molecule has 2 amide bonds. The van der Waals surface area contributed by atoms with Crippen molar-refractivity contribution in [2.45, 2.75) is 25.7 Å². The number of carbonyl (C=O) groups is 2. The summed E-state index contributed by atoms with van der Waals surface area (Å²) in [5.41, 5.74) is 4.63. The van der Waals surface area contributed by atoms with Gasteiger partial charge in [0.2, 0.25) is 5.91 Å². The van der Waals surface area contributed by atoms with E-state index in [2.05, 4.69) is 6.07 Å². The summed E-state index contributed by atoms with van der Waals surface area (Å²) in [6.07, 6.45) is 3.98. The first-order chi connectivity index (χ1) is 15.5. The molecule has 0 saturated heterocycles. The van der Waals surface area contributed by atoms with Gasteiger partial charge >= 0.3 is 0 Å². The van der Waals surface area contributed by atoms with Crippen LogP contribution in [0.1, 0.15) is 35.2 Å². The first kappa shape index (κ1) is 20.7. The van der Waals surface area contributed by atoms with Crippen LogP contribution in [-0.4, -0.2) is 37.5 Å². The van der Waals surface area contributed by atoms with E-state index in [-0.39, 0.29) is 17.7 Å². The first-order valence-electron chi connectivity index (χ1n) is 10.9. The van der Waals surface area contributed by atoms with Crippen molar-refractivity contribution in [3.63, 3.8) is 0 Å². The van der Waals surface area contributed by atoms with Crippen LogP contribution in [0, 0.1) is 5.92 Å². The second kappa shape index (κ2) is 8.39. The minimum Gasteiger partial charge on any atom is -0.497 e. The number of aromatic nitrogens is 1. The monoisotopic (exact) mass is 447 g/mol. The lowest BCUT2D eigenvalue weighted by atomic mass is 9.98. The van der Waals surface area contributed by atoms with Crippen molar-refractivity contribution in [2.24, 2.45) is 5.92 Å². The van der Waals surface area contributed by atoms with Crippen LogP contribution in [0.15, 0.2) is 47.8 Å². The molecule has 1 saturated carbocycles. The summed E-state index contributed by atoms with van der Waals surface area (Å²) in [5, 5.41) is 2.61. The summed E-state index contributed by atoms with van der Waals surface area (Å²) in [6, 6.07) is 13.3. The molecule has 1 aromatic heterocycles. The summed E-state index contributed by atoms with van der Waals surface area (Å²) in [4.78, 5) is 33.8. The Bertz CT molecular complexity index is 1180. The second-order valence-corrected chi connectivity index (χ2v) is 9.16. The molecule has 164 valence electrons. The minimum absolute atomic E-state index is 0.135. The van der Waals surface area contributed by atoms with Gasteiger partial charge in [0, 0.05) is 41.7 Å². The molecule has 1 aliphatic carbocycles. The fourth-order valence-corrected chi connectivity index (χ4v) is 4.92. The van der Waals surface area contributed by atoms with Gasteiger partial charge in [0.1, 0.15) is 5.75 Å². The van der Waals surface area contributed by atoms with E-state index in [9.17, 15) is 9.59 Å². The highest BCUT2D eigenvalue weighted by Gasteiger charge is 2.35. The third-order valence-electron chi connectivity index (χ3n) is 6.09. The summed E-state index contributed by atoms with van der Waals surface area (Å²) in [7, 11) is 3.32. The van der Waals surface area contributed by atoms with Crippen LogP contribution >= 0.6 is 11.3 Å². The fourth-order valence-electron chi connectivity index (χ4n) is 4.12. The Morgan fingerprint density at radius 1 is 1.19 bits per heavy atom. The van der Waals surface area contributed by atoms with Crippen LogP contribution in [0.5, 0.6) is 5.75 Å². The number of anilines is 2. The molecule has 0 N–H and O–H groups in total. The van der Waals surface area contributed by atoms with Gasteiger partial charge in [-0.1, -0.05) is 12.1 Å². The molecule has 2 heterocycles. The molecule has 7 heteroatoms. The van der Waals surface area contributed by atoms with E-state index in [0.717, 1.165) is 49.2 Å². The number of fused-ring (bicyclic) bond motifs is 1. The van der Waals surface area contributed by atoms with Gasteiger partial charge in [-0.3, -0.25) is 14.5 Å². The average Bonchev–Trinajstić information content (AvgIpc) is 3.58. The van der Waals surface area contributed by atoms with Gasteiger partial charge in [-0.2, -0.15) is 0 Å². The molecule has 0 unspecified atom stereocenters. The van der Waals surface area contributed by atoms with Crippen molar-refractivity contribution in [1.29, 1.82) is 0 Å². The molecule has 0 bridgehead atoms. The maximum Gasteiger partial charge on any atom is 0.259 e. The number of hydrogen-bond donors (Lipinski definition) is 0. The lowest BCUT2D eigenvalue weighted by Crippen LogP contribution is -2.36. The lowest BCUT2D eigenvalue weighted by molar-refractivity contribution is -0.119. The number of nitrogens with zero attached hydrogens (tertiary/aromatic N) is 3. The zero-order valence-electron chi connectivity index (χ0n) is 18.2. The largest absolute Gasteiger partial charge is 0.497 e.